The van der Waals surface area contributed by atoms with Crippen LogP contribution in [0.1, 0.15) is 19.5 Å². The minimum Gasteiger partial charge on any atom is -0.368 e. The summed E-state index contributed by atoms with van der Waals surface area (Å²) in [4.78, 5) is 16.3. The van der Waals surface area contributed by atoms with Gasteiger partial charge in [-0.3, -0.25) is 0 Å². The van der Waals surface area contributed by atoms with Crippen molar-refractivity contribution in [2.24, 2.45) is 0 Å². The van der Waals surface area contributed by atoms with E-state index in [4.69, 9.17) is 16.6 Å². The van der Waals surface area contributed by atoms with Crippen LogP contribution < -0.4 is 10.2 Å². The van der Waals surface area contributed by atoms with Gasteiger partial charge in [0.15, 0.2) is 11.5 Å². The third-order valence-corrected chi connectivity index (χ3v) is 5.65. The number of imidazole rings is 1. The fraction of sp³-hybridized carbons (Fsp3) is 0.318. The van der Waals surface area contributed by atoms with Gasteiger partial charge >= 0.3 is 0 Å². The number of nitrogens with one attached hydrogen (secondary N) is 1. The van der Waals surface area contributed by atoms with E-state index in [1.807, 2.05) is 36.0 Å². The van der Waals surface area contributed by atoms with E-state index >= 15 is 0 Å². The Morgan fingerprint density at radius 1 is 1.07 bits per heavy atom. The molecule has 0 spiro atoms. The normalized spacial score (nSPS) is 19.9. The van der Waals surface area contributed by atoms with Crippen LogP contribution in [0.3, 0.4) is 0 Å². The Hall–Kier alpha value is -2.70. The van der Waals surface area contributed by atoms with Crippen molar-refractivity contribution in [3.05, 3.63) is 53.6 Å². The number of aryl methyl sites for hydroxylation is 1. The van der Waals surface area contributed by atoms with Crippen LogP contribution in [0.25, 0.3) is 27.9 Å². The van der Waals surface area contributed by atoms with Gasteiger partial charge in [0.05, 0.1) is 16.2 Å². The molecule has 1 aliphatic rings. The van der Waals surface area contributed by atoms with Gasteiger partial charge in [0.1, 0.15) is 0 Å². The quantitative estimate of drug-likeness (QED) is 0.543. The van der Waals surface area contributed by atoms with Crippen molar-refractivity contribution in [3.63, 3.8) is 0 Å². The van der Waals surface area contributed by atoms with Gasteiger partial charge in [-0.15, -0.1) is 0 Å². The number of aromatic nitrogens is 4. The molecule has 1 N–H and O–H groups in total. The smallest absolute Gasteiger partial charge is 0.161 e. The Morgan fingerprint density at radius 2 is 1.86 bits per heavy atom. The predicted octanol–water partition coefficient (Wildman–Crippen LogP) is 4.09. The highest BCUT2D eigenvalue weighted by Crippen LogP contribution is 2.27. The van der Waals surface area contributed by atoms with E-state index in [9.17, 15) is 0 Å². The van der Waals surface area contributed by atoms with Crippen molar-refractivity contribution in [3.8, 4) is 11.4 Å². The zero-order chi connectivity index (χ0) is 20.1. The topological polar surface area (TPSA) is 58.4 Å². The van der Waals surface area contributed by atoms with Gasteiger partial charge in [-0.05, 0) is 45.0 Å². The van der Waals surface area contributed by atoms with Gasteiger partial charge in [-0.1, -0.05) is 11.6 Å². The molecule has 2 atom stereocenters. The summed E-state index contributed by atoms with van der Waals surface area (Å²) in [6, 6.07) is 9.23. The van der Waals surface area contributed by atoms with E-state index < -0.39 is 0 Å². The molecular weight excluding hydrogens is 384 g/mol. The molecule has 6 nitrogen and oxygen atoms in total. The third kappa shape index (κ3) is 3.43. The molecule has 4 heterocycles. The second kappa shape index (κ2) is 6.97. The maximum atomic E-state index is 6.42. The molecule has 3 aromatic heterocycles. The van der Waals surface area contributed by atoms with Crippen molar-refractivity contribution in [2.45, 2.75) is 32.9 Å². The minimum atomic E-state index is 0.472. The fourth-order valence-electron chi connectivity index (χ4n) is 4.20. The molecule has 0 aliphatic carbocycles. The summed E-state index contributed by atoms with van der Waals surface area (Å²) in [5.74, 6) is 0.657. The molecule has 5 rings (SSSR count). The van der Waals surface area contributed by atoms with Crippen LogP contribution in [0.15, 0.2) is 42.9 Å². The van der Waals surface area contributed by atoms with Crippen molar-refractivity contribution >= 4 is 33.8 Å². The zero-order valence-electron chi connectivity index (χ0n) is 16.7. The standard InChI is InChI=1S/C22H23ClN6/c1-13-9-28(10-14(2)25-13)18-4-5-20-16(6-18)8-24-21(27-20)17-7-19(23)22-26-15(3)11-29(22)12-17/h4-8,11-14,25H,9-10H2,1-3H3/t13-,14-/m1/s1. The lowest BCUT2D eigenvalue weighted by Crippen LogP contribution is -2.54. The molecular formula is C22H23ClN6. The van der Waals surface area contributed by atoms with Gasteiger partial charge in [-0.2, -0.15) is 0 Å². The van der Waals surface area contributed by atoms with E-state index in [0.717, 1.165) is 40.9 Å². The van der Waals surface area contributed by atoms with Gasteiger partial charge < -0.3 is 14.6 Å². The van der Waals surface area contributed by atoms with Gasteiger partial charge in [0, 0.05) is 60.4 Å². The van der Waals surface area contributed by atoms with E-state index in [1.54, 1.807) is 0 Å². The number of hydrogen-bond donors (Lipinski definition) is 1. The second-order valence-corrected chi connectivity index (χ2v) is 8.41. The van der Waals surface area contributed by atoms with Gasteiger partial charge in [0.25, 0.3) is 0 Å². The second-order valence-electron chi connectivity index (χ2n) is 8.00. The van der Waals surface area contributed by atoms with Crippen LogP contribution in [-0.2, 0) is 0 Å². The molecule has 0 amide bonds. The molecule has 0 unspecified atom stereocenters. The molecule has 7 heteroatoms. The average molecular weight is 407 g/mol. The summed E-state index contributed by atoms with van der Waals surface area (Å²) in [6.45, 7) is 8.40. The first-order chi connectivity index (χ1) is 14.0. The van der Waals surface area contributed by atoms with Crippen LogP contribution in [0, 0.1) is 6.92 Å². The molecule has 0 saturated carbocycles. The minimum absolute atomic E-state index is 0.472. The number of anilines is 1. The predicted molar refractivity (Wildman–Crippen MR) is 118 cm³/mol. The average Bonchev–Trinajstić information content (AvgIpc) is 3.07. The van der Waals surface area contributed by atoms with Crippen LogP contribution in [0.2, 0.25) is 5.02 Å². The Balaban J connectivity index is 1.51. The maximum absolute atomic E-state index is 6.42. The van der Waals surface area contributed by atoms with Crippen LogP contribution >= 0.6 is 11.6 Å². The number of fused-ring (bicyclic) bond motifs is 2. The van der Waals surface area contributed by atoms with Crippen molar-refractivity contribution in [2.75, 3.05) is 18.0 Å². The summed E-state index contributed by atoms with van der Waals surface area (Å²) < 4.78 is 1.93. The van der Waals surface area contributed by atoms with Crippen molar-refractivity contribution in [1.82, 2.24) is 24.7 Å². The largest absolute Gasteiger partial charge is 0.368 e. The van der Waals surface area contributed by atoms with Crippen LogP contribution in [0.4, 0.5) is 5.69 Å². The van der Waals surface area contributed by atoms with E-state index in [2.05, 4.69) is 52.2 Å². The number of benzene rings is 1. The lowest BCUT2D eigenvalue weighted by molar-refractivity contribution is 0.407. The first kappa shape index (κ1) is 18.3. The highest BCUT2D eigenvalue weighted by atomic mass is 35.5. The number of halogens is 1. The monoisotopic (exact) mass is 406 g/mol. The molecule has 0 bridgehead atoms. The van der Waals surface area contributed by atoms with Gasteiger partial charge in [0.2, 0.25) is 0 Å². The molecule has 0 radical (unpaired) electrons. The first-order valence-corrected chi connectivity index (χ1v) is 10.3. The van der Waals surface area contributed by atoms with Crippen molar-refractivity contribution < 1.29 is 0 Å². The lowest BCUT2D eigenvalue weighted by atomic mass is 10.1. The van der Waals surface area contributed by atoms with E-state index in [1.165, 1.54) is 5.69 Å². The van der Waals surface area contributed by atoms with Gasteiger partial charge in [-0.25, -0.2) is 15.0 Å². The molecule has 4 aromatic rings. The van der Waals surface area contributed by atoms with E-state index in [-0.39, 0.29) is 0 Å². The number of pyridine rings is 1. The molecule has 1 aromatic carbocycles. The maximum Gasteiger partial charge on any atom is 0.161 e. The molecule has 1 aliphatic heterocycles. The lowest BCUT2D eigenvalue weighted by Gasteiger charge is -2.37. The Bertz CT molecular complexity index is 1210. The molecule has 29 heavy (non-hydrogen) atoms. The fourth-order valence-corrected chi connectivity index (χ4v) is 4.45. The molecule has 1 saturated heterocycles. The number of nitrogens with zero attached hydrogens (tertiary/aromatic N) is 5. The molecule has 148 valence electrons. The first-order valence-electron chi connectivity index (χ1n) is 9.89. The summed E-state index contributed by atoms with van der Waals surface area (Å²) in [5.41, 5.74) is 4.68. The summed E-state index contributed by atoms with van der Waals surface area (Å²) in [5, 5.41) is 5.21. The number of piperazine rings is 1. The number of hydrogen-bond acceptors (Lipinski definition) is 5. The Morgan fingerprint density at radius 3 is 2.66 bits per heavy atom. The third-order valence-electron chi connectivity index (χ3n) is 5.37. The number of rotatable bonds is 2. The SMILES string of the molecule is Cc1cn2cc(-c3ncc4cc(N5C[C@@H](C)N[C@H](C)C5)ccc4n3)cc(Cl)c2n1. The van der Waals surface area contributed by atoms with Crippen molar-refractivity contribution in [1.29, 1.82) is 0 Å². The molecule has 1 fully saturated rings. The summed E-state index contributed by atoms with van der Waals surface area (Å²) in [7, 11) is 0. The summed E-state index contributed by atoms with van der Waals surface area (Å²) in [6.07, 6.45) is 5.82. The zero-order valence-corrected chi connectivity index (χ0v) is 17.5. The highest BCUT2D eigenvalue weighted by molar-refractivity contribution is 6.33. The van der Waals surface area contributed by atoms with Crippen LogP contribution in [-0.4, -0.2) is 44.5 Å². The van der Waals surface area contributed by atoms with E-state index in [0.29, 0.717) is 22.9 Å². The Kier molecular flexibility index (Phi) is 4.41. The highest BCUT2D eigenvalue weighted by Gasteiger charge is 2.21. The summed E-state index contributed by atoms with van der Waals surface area (Å²) >= 11 is 6.42. The Labute approximate surface area is 174 Å². The van der Waals surface area contributed by atoms with Crippen LogP contribution in [0.5, 0.6) is 0 Å².